The number of unbranched alkanes of at least 4 members (excludes halogenated alkanes) is 2. The number of hydrogen-bond acceptors (Lipinski definition) is 4. The summed E-state index contributed by atoms with van der Waals surface area (Å²) in [7, 11) is 3.00. The Balaban J connectivity index is 3.87. The van der Waals surface area contributed by atoms with Crippen LogP contribution in [-0.4, -0.2) is 31.9 Å². The van der Waals surface area contributed by atoms with Crippen LogP contribution in [-0.2, 0) is 14.3 Å². The summed E-state index contributed by atoms with van der Waals surface area (Å²) in [6, 6.07) is 0. The Bertz CT molecular complexity index is 269. The van der Waals surface area contributed by atoms with Gasteiger partial charge in [-0.2, -0.15) is 0 Å². The fourth-order valence-corrected chi connectivity index (χ4v) is 1.57. The van der Waals surface area contributed by atoms with E-state index in [0.717, 1.165) is 38.5 Å². The van der Waals surface area contributed by atoms with Crippen molar-refractivity contribution < 1.29 is 19.4 Å². The summed E-state index contributed by atoms with van der Waals surface area (Å²) < 4.78 is 9.54. The summed E-state index contributed by atoms with van der Waals surface area (Å²) in [6.45, 7) is 0.255. The number of hydrogen-bond donors (Lipinski definition) is 1. The molecule has 0 radical (unpaired) electrons. The zero-order chi connectivity index (χ0) is 13.6. The van der Waals surface area contributed by atoms with E-state index in [1.165, 1.54) is 18.8 Å². The molecule has 0 aliphatic rings. The predicted molar refractivity (Wildman–Crippen MR) is 71.0 cm³/mol. The van der Waals surface area contributed by atoms with Gasteiger partial charge in [0.05, 0.1) is 20.5 Å². The lowest BCUT2D eigenvalue weighted by atomic mass is 10.0. The lowest BCUT2D eigenvalue weighted by Gasteiger charge is -2.05. The molecule has 1 N–H and O–H groups in total. The van der Waals surface area contributed by atoms with Gasteiger partial charge in [0.1, 0.15) is 0 Å². The molecule has 4 nitrogen and oxygen atoms in total. The maximum Gasteiger partial charge on any atom is 0.330 e. The minimum absolute atomic E-state index is 0.255. The van der Waals surface area contributed by atoms with E-state index in [2.05, 4.69) is 4.74 Å². The first-order chi connectivity index (χ1) is 8.74. The van der Waals surface area contributed by atoms with E-state index in [0.29, 0.717) is 0 Å². The van der Waals surface area contributed by atoms with Crippen molar-refractivity contribution in [2.24, 2.45) is 0 Å². The van der Waals surface area contributed by atoms with E-state index >= 15 is 0 Å². The van der Waals surface area contributed by atoms with E-state index in [4.69, 9.17) is 9.84 Å². The summed E-state index contributed by atoms with van der Waals surface area (Å²) in [5, 5.41) is 8.69. The number of aliphatic hydroxyl groups excluding tert-OH is 1. The lowest BCUT2D eigenvalue weighted by molar-refractivity contribution is -0.134. The summed E-state index contributed by atoms with van der Waals surface area (Å²) in [4.78, 5) is 10.9. The maximum atomic E-state index is 10.9. The van der Waals surface area contributed by atoms with Crippen LogP contribution in [0.15, 0.2) is 24.0 Å². The van der Waals surface area contributed by atoms with Crippen LogP contribution in [0.5, 0.6) is 0 Å². The topological polar surface area (TPSA) is 55.8 Å². The summed E-state index contributed by atoms with van der Waals surface area (Å²) in [5.41, 5.74) is 1.23. The van der Waals surface area contributed by atoms with Crippen LogP contribution in [0.4, 0.5) is 0 Å². The van der Waals surface area contributed by atoms with E-state index in [1.807, 2.05) is 6.08 Å². The van der Waals surface area contributed by atoms with Crippen molar-refractivity contribution in [3.8, 4) is 0 Å². The molecular weight excluding hydrogens is 232 g/mol. The third kappa shape index (κ3) is 9.90. The Hall–Kier alpha value is -1.29. The van der Waals surface area contributed by atoms with Crippen LogP contribution in [0, 0.1) is 0 Å². The first-order valence-corrected chi connectivity index (χ1v) is 6.30. The van der Waals surface area contributed by atoms with Gasteiger partial charge in [0.15, 0.2) is 0 Å². The Morgan fingerprint density at radius 3 is 2.56 bits per heavy atom. The zero-order valence-corrected chi connectivity index (χ0v) is 11.4. The Morgan fingerprint density at radius 1 is 1.17 bits per heavy atom. The molecule has 0 atom stereocenters. The Morgan fingerprint density at radius 2 is 1.94 bits per heavy atom. The van der Waals surface area contributed by atoms with Crippen molar-refractivity contribution in [2.75, 3.05) is 20.8 Å². The van der Waals surface area contributed by atoms with Crippen LogP contribution in [0.2, 0.25) is 0 Å². The van der Waals surface area contributed by atoms with Gasteiger partial charge in [0.25, 0.3) is 0 Å². The largest absolute Gasteiger partial charge is 0.504 e. The molecule has 0 heterocycles. The molecule has 0 amide bonds. The van der Waals surface area contributed by atoms with E-state index in [-0.39, 0.29) is 12.6 Å². The van der Waals surface area contributed by atoms with Gasteiger partial charge in [0.2, 0.25) is 0 Å². The first kappa shape index (κ1) is 16.7. The SMILES string of the molecule is CO/C=C(/CC/C=C/C(=O)OC)CCCCCO. The molecule has 0 spiro atoms. The number of esters is 1. The van der Waals surface area contributed by atoms with Gasteiger partial charge < -0.3 is 14.6 Å². The number of rotatable bonds is 10. The van der Waals surface area contributed by atoms with Gasteiger partial charge in [-0.05, 0) is 37.7 Å². The molecule has 0 saturated carbocycles. The Kier molecular flexibility index (Phi) is 11.3. The van der Waals surface area contributed by atoms with E-state index < -0.39 is 0 Å². The van der Waals surface area contributed by atoms with Gasteiger partial charge in [-0.1, -0.05) is 12.5 Å². The molecule has 0 aromatic carbocycles. The third-order valence-corrected chi connectivity index (χ3v) is 2.53. The summed E-state index contributed by atoms with van der Waals surface area (Å²) >= 11 is 0. The van der Waals surface area contributed by atoms with E-state index in [1.54, 1.807) is 13.4 Å². The highest BCUT2D eigenvalue weighted by Gasteiger charge is 1.98. The van der Waals surface area contributed by atoms with Crippen molar-refractivity contribution in [3.63, 3.8) is 0 Å². The molecule has 0 aromatic heterocycles. The van der Waals surface area contributed by atoms with Gasteiger partial charge in [-0.15, -0.1) is 0 Å². The van der Waals surface area contributed by atoms with Crippen LogP contribution in [0.3, 0.4) is 0 Å². The van der Waals surface area contributed by atoms with Crippen LogP contribution < -0.4 is 0 Å². The number of carbonyl (C=O) groups is 1. The first-order valence-electron chi connectivity index (χ1n) is 6.30. The molecule has 0 aromatic rings. The van der Waals surface area contributed by atoms with Crippen LogP contribution >= 0.6 is 0 Å². The molecule has 0 saturated heterocycles. The second-order valence-corrected chi connectivity index (χ2v) is 4.01. The third-order valence-electron chi connectivity index (χ3n) is 2.53. The summed E-state index contributed by atoms with van der Waals surface area (Å²) in [6.07, 6.45) is 10.6. The smallest absolute Gasteiger partial charge is 0.330 e. The number of carbonyl (C=O) groups excluding carboxylic acids is 1. The second-order valence-electron chi connectivity index (χ2n) is 4.01. The monoisotopic (exact) mass is 256 g/mol. The van der Waals surface area contributed by atoms with Gasteiger partial charge in [-0.25, -0.2) is 4.79 Å². The molecule has 18 heavy (non-hydrogen) atoms. The van der Waals surface area contributed by atoms with Crippen LogP contribution in [0.1, 0.15) is 38.5 Å². The fourth-order valence-electron chi connectivity index (χ4n) is 1.57. The van der Waals surface area contributed by atoms with Crippen molar-refractivity contribution in [3.05, 3.63) is 24.0 Å². The molecule has 0 rings (SSSR count). The number of ether oxygens (including phenoxy) is 2. The maximum absolute atomic E-state index is 10.9. The van der Waals surface area contributed by atoms with Crippen LogP contribution in [0.25, 0.3) is 0 Å². The zero-order valence-electron chi connectivity index (χ0n) is 11.4. The van der Waals surface area contributed by atoms with Gasteiger partial charge in [0, 0.05) is 12.7 Å². The highest BCUT2D eigenvalue weighted by Crippen LogP contribution is 2.15. The van der Waals surface area contributed by atoms with E-state index in [9.17, 15) is 4.79 Å². The lowest BCUT2D eigenvalue weighted by Crippen LogP contribution is -1.93. The highest BCUT2D eigenvalue weighted by atomic mass is 16.5. The molecule has 0 fully saturated rings. The average Bonchev–Trinajstić information content (AvgIpc) is 2.39. The summed E-state index contributed by atoms with van der Waals surface area (Å²) in [5.74, 6) is -0.324. The quantitative estimate of drug-likeness (QED) is 0.282. The number of aliphatic hydroxyl groups is 1. The van der Waals surface area contributed by atoms with Crippen molar-refractivity contribution >= 4 is 5.97 Å². The number of allylic oxidation sites excluding steroid dienone is 2. The fraction of sp³-hybridized carbons (Fsp3) is 0.643. The molecular formula is C14H24O4. The molecule has 0 bridgehead atoms. The standard InChI is InChI=1S/C14H24O4/c1-17-12-13(8-4-3-7-11-15)9-5-6-10-14(16)18-2/h6,10,12,15H,3-5,7-9,11H2,1-2H3/b10-6+,13-12+. The molecule has 4 heteroatoms. The highest BCUT2D eigenvalue weighted by molar-refractivity contribution is 5.81. The molecule has 104 valence electrons. The van der Waals surface area contributed by atoms with Gasteiger partial charge in [-0.3, -0.25) is 0 Å². The minimum Gasteiger partial charge on any atom is -0.504 e. The Labute approximate surface area is 109 Å². The molecule has 0 unspecified atom stereocenters. The molecule has 0 aliphatic heterocycles. The van der Waals surface area contributed by atoms with Crippen molar-refractivity contribution in [2.45, 2.75) is 38.5 Å². The predicted octanol–water partition coefficient (Wildman–Crippen LogP) is 2.58. The van der Waals surface area contributed by atoms with Gasteiger partial charge >= 0.3 is 5.97 Å². The van der Waals surface area contributed by atoms with Crippen molar-refractivity contribution in [1.82, 2.24) is 0 Å². The molecule has 0 aliphatic carbocycles. The minimum atomic E-state index is -0.324. The van der Waals surface area contributed by atoms with Crippen molar-refractivity contribution in [1.29, 1.82) is 0 Å². The average molecular weight is 256 g/mol. The number of methoxy groups -OCH3 is 2. The normalized spacial score (nSPS) is 11.8. The second kappa shape index (κ2) is 12.2.